The fourth-order valence-electron chi connectivity index (χ4n) is 2.59. The minimum Gasteiger partial charge on any atom is -0.355 e. The second-order valence-electron chi connectivity index (χ2n) is 6.20. The first-order valence-corrected chi connectivity index (χ1v) is 9.93. The third-order valence-corrected chi connectivity index (χ3v) is 4.92. The van der Waals surface area contributed by atoms with Crippen molar-refractivity contribution in [1.82, 2.24) is 15.5 Å². The molecular weight excluding hydrogens is 372 g/mol. The van der Waals surface area contributed by atoms with E-state index in [-0.39, 0.29) is 30.0 Å². The van der Waals surface area contributed by atoms with Crippen molar-refractivity contribution in [3.63, 3.8) is 0 Å². The summed E-state index contributed by atoms with van der Waals surface area (Å²) in [4.78, 5) is 26.0. The highest BCUT2D eigenvalue weighted by atomic mass is 35.5. The lowest BCUT2D eigenvalue weighted by Crippen LogP contribution is -2.44. The highest BCUT2D eigenvalue weighted by molar-refractivity contribution is 8.00. The molecule has 0 aliphatic carbocycles. The van der Waals surface area contributed by atoms with Gasteiger partial charge in [-0.1, -0.05) is 17.7 Å². The summed E-state index contributed by atoms with van der Waals surface area (Å²) in [5.74, 6) is 0.505. The van der Waals surface area contributed by atoms with Crippen LogP contribution in [-0.2, 0) is 9.59 Å². The Morgan fingerprint density at radius 1 is 1.12 bits per heavy atom. The molecule has 0 radical (unpaired) electrons. The van der Waals surface area contributed by atoms with Crippen LogP contribution in [0.25, 0.3) is 0 Å². The van der Waals surface area contributed by atoms with Gasteiger partial charge in [-0.2, -0.15) is 0 Å². The Labute approximate surface area is 166 Å². The van der Waals surface area contributed by atoms with Crippen LogP contribution in [0.4, 0.5) is 5.69 Å². The topological polar surface area (TPSA) is 73.5 Å². The summed E-state index contributed by atoms with van der Waals surface area (Å²) in [7, 11) is 0. The lowest BCUT2D eigenvalue weighted by Gasteiger charge is -2.27. The van der Waals surface area contributed by atoms with E-state index in [1.165, 1.54) is 11.8 Å². The predicted octanol–water partition coefficient (Wildman–Crippen LogP) is 1.50. The third kappa shape index (κ3) is 9.43. The van der Waals surface area contributed by atoms with Gasteiger partial charge in [-0.25, -0.2) is 0 Å². The van der Waals surface area contributed by atoms with Gasteiger partial charge in [0.25, 0.3) is 0 Å². The van der Waals surface area contributed by atoms with Gasteiger partial charge in [-0.3, -0.25) is 9.59 Å². The molecule has 1 fully saturated rings. The minimum atomic E-state index is -0.0830. The molecule has 2 rings (SSSR count). The molecule has 0 unspecified atom stereocenters. The van der Waals surface area contributed by atoms with Crippen LogP contribution in [0.5, 0.6) is 0 Å². The van der Waals surface area contributed by atoms with Gasteiger partial charge >= 0.3 is 0 Å². The fourth-order valence-corrected chi connectivity index (χ4v) is 3.23. The summed E-state index contributed by atoms with van der Waals surface area (Å²) in [6, 6.07) is 7.67. The van der Waals surface area contributed by atoms with Gasteiger partial charge in [0, 0.05) is 38.4 Å². The van der Waals surface area contributed by atoms with Gasteiger partial charge in [-0.15, -0.1) is 24.2 Å². The molecule has 0 atom stereocenters. The minimum absolute atomic E-state index is 0. The highest BCUT2D eigenvalue weighted by Gasteiger charge is 2.09. The van der Waals surface area contributed by atoms with Crippen molar-refractivity contribution in [3.8, 4) is 0 Å². The van der Waals surface area contributed by atoms with E-state index in [1.54, 1.807) is 0 Å². The van der Waals surface area contributed by atoms with Gasteiger partial charge < -0.3 is 20.9 Å². The Morgan fingerprint density at radius 3 is 2.46 bits per heavy atom. The zero-order valence-electron chi connectivity index (χ0n) is 15.3. The maximum atomic E-state index is 11.8. The number of rotatable bonds is 9. The van der Waals surface area contributed by atoms with Crippen LogP contribution in [0.15, 0.2) is 24.3 Å². The number of piperazine rings is 1. The molecule has 1 aromatic carbocycles. The summed E-state index contributed by atoms with van der Waals surface area (Å²) < 4.78 is 0. The summed E-state index contributed by atoms with van der Waals surface area (Å²) >= 11 is 1.34. The molecule has 26 heavy (non-hydrogen) atoms. The number of nitrogens with zero attached hydrogens (tertiary/aromatic N) is 1. The van der Waals surface area contributed by atoms with Crippen molar-refractivity contribution in [2.45, 2.75) is 13.3 Å². The molecule has 1 aromatic rings. The number of amides is 2. The van der Waals surface area contributed by atoms with E-state index in [4.69, 9.17) is 0 Å². The molecule has 6 nitrogen and oxygen atoms in total. The van der Waals surface area contributed by atoms with Gasteiger partial charge in [-0.05, 0) is 32.0 Å². The molecule has 2 amide bonds. The number of halogens is 1. The van der Waals surface area contributed by atoms with Crippen molar-refractivity contribution in [1.29, 1.82) is 0 Å². The van der Waals surface area contributed by atoms with Crippen molar-refractivity contribution >= 4 is 41.7 Å². The molecule has 0 saturated carbocycles. The fraction of sp³-hybridized carbons (Fsp3) is 0.556. The standard InChI is InChI=1S/C18H28N4O2S.ClH/c1-15-3-5-16(6-4-15)21-18(24)14-25-13-17(23)20-7-2-10-22-11-8-19-9-12-22;/h3-6,19H,2,7-14H2,1H3,(H,20,23)(H,21,24);1H. The molecular formula is C18H29ClN4O2S. The second-order valence-corrected chi connectivity index (χ2v) is 7.19. The first-order chi connectivity index (χ1) is 12.1. The first kappa shape index (κ1) is 22.8. The highest BCUT2D eigenvalue weighted by Crippen LogP contribution is 2.09. The Balaban J connectivity index is 0.00000338. The van der Waals surface area contributed by atoms with Crippen LogP contribution in [0.1, 0.15) is 12.0 Å². The van der Waals surface area contributed by atoms with Crippen LogP contribution in [0.2, 0.25) is 0 Å². The van der Waals surface area contributed by atoms with Crippen LogP contribution < -0.4 is 16.0 Å². The molecule has 1 aliphatic rings. The molecule has 0 aromatic heterocycles. The number of thioether (sulfide) groups is 1. The first-order valence-electron chi connectivity index (χ1n) is 8.77. The number of aryl methyl sites for hydroxylation is 1. The zero-order valence-corrected chi connectivity index (χ0v) is 16.9. The monoisotopic (exact) mass is 400 g/mol. The smallest absolute Gasteiger partial charge is 0.234 e. The Bertz CT molecular complexity index is 551. The number of hydrogen-bond acceptors (Lipinski definition) is 5. The zero-order chi connectivity index (χ0) is 17.9. The number of hydrogen-bond donors (Lipinski definition) is 3. The van der Waals surface area contributed by atoms with Crippen LogP contribution >= 0.6 is 24.2 Å². The van der Waals surface area contributed by atoms with Crippen molar-refractivity contribution in [3.05, 3.63) is 29.8 Å². The molecule has 3 N–H and O–H groups in total. The Hall–Kier alpha value is -1.28. The van der Waals surface area contributed by atoms with Crippen LogP contribution in [-0.4, -0.2) is 67.5 Å². The van der Waals surface area contributed by atoms with E-state index < -0.39 is 0 Å². The second kappa shape index (κ2) is 13.0. The van der Waals surface area contributed by atoms with E-state index >= 15 is 0 Å². The molecule has 1 heterocycles. The van der Waals surface area contributed by atoms with E-state index in [9.17, 15) is 9.59 Å². The summed E-state index contributed by atoms with van der Waals surface area (Å²) in [5.41, 5.74) is 1.94. The van der Waals surface area contributed by atoms with E-state index in [2.05, 4.69) is 20.9 Å². The van der Waals surface area contributed by atoms with Gasteiger partial charge in [0.05, 0.1) is 11.5 Å². The predicted molar refractivity (Wildman–Crippen MR) is 111 cm³/mol. The lowest BCUT2D eigenvalue weighted by atomic mass is 10.2. The van der Waals surface area contributed by atoms with Crippen molar-refractivity contribution in [2.24, 2.45) is 0 Å². The van der Waals surface area contributed by atoms with Crippen LogP contribution in [0.3, 0.4) is 0 Å². The maximum absolute atomic E-state index is 11.8. The quantitative estimate of drug-likeness (QED) is 0.548. The maximum Gasteiger partial charge on any atom is 0.234 e. The number of carbonyl (C=O) groups excluding carboxylic acids is 2. The summed E-state index contributed by atoms with van der Waals surface area (Å²) in [6.07, 6.45) is 0.963. The molecule has 1 saturated heterocycles. The number of anilines is 1. The molecule has 1 aliphatic heterocycles. The SMILES string of the molecule is Cc1ccc(NC(=O)CSCC(=O)NCCCN2CCNCC2)cc1.Cl. The number of carbonyl (C=O) groups is 2. The van der Waals surface area contributed by atoms with E-state index in [0.717, 1.165) is 50.4 Å². The average Bonchev–Trinajstić information content (AvgIpc) is 2.62. The van der Waals surface area contributed by atoms with Crippen molar-refractivity contribution < 1.29 is 9.59 Å². The van der Waals surface area contributed by atoms with Gasteiger partial charge in [0.2, 0.25) is 11.8 Å². The van der Waals surface area contributed by atoms with Gasteiger partial charge in [0.15, 0.2) is 0 Å². The van der Waals surface area contributed by atoms with Gasteiger partial charge in [0.1, 0.15) is 0 Å². The Morgan fingerprint density at radius 2 is 1.77 bits per heavy atom. The molecule has 8 heteroatoms. The van der Waals surface area contributed by atoms with E-state index in [0.29, 0.717) is 12.3 Å². The summed E-state index contributed by atoms with van der Waals surface area (Å²) in [6.45, 7) is 7.98. The average molecular weight is 401 g/mol. The largest absolute Gasteiger partial charge is 0.355 e. The molecule has 146 valence electrons. The third-order valence-electron chi connectivity index (χ3n) is 3.98. The number of nitrogens with one attached hydrogen (secondary N) is 3. The molecule has 0 bridgehead atoms. The number of benzene rings is 1. The normalized spacial score (nSPS) is 14.3. The lowest BCUT2D eigenvalue weighted by molar-refractivity contribution is -0.118. The van der Waals surface area contributed by atoms with Crippen LogP contribution in [0, 0.1) is 6.92 Å². The van der Waals surface area contributed by atoms with E-state index in [1.807, 2.05) is 31.2 Å². The Kier molecular flexibility index (Phi) is 11.4. The molecule has 0 spiro atoms. The summed E-state index contributed by atoms with van der Waals surface area (Å²) in [5, 5.41) is 9.07. The van der Waals surface area contributed by atoms with Crippen molar-refractivity contribution in [2.75, 3.05) is 56.1 Å².